The van der Waals surface area contributed by atoms with Crippen LogP contribution in [0.2, 0.25) is 0 Å². The molecule has 0 aliphatic carbocycles. The van der Waals surface area contributed by atoms with E-state index in [1.165, 1.54) is 37.4 Å². The summed E-state index contributed by atoms with van der Waals surface area (Å²) in [5.41, 5.74) is 0.155. The molecule has 8 heteroatoms. The number of nitrogens with zero attached hydrogens (tertiary/aromatic N) is 1. The third-order valence-electron chi connectivity index (χ3n) is 2.52. The van der Waals surface area contributed by atoms with E-state index >= 15 is 0 Å². The monoisotopic (exact) mass is 370 g/mol. The molecule has 2 aromatic rings. The van der Waals surface area contributed by atoms with Crippen LogP contribution in [0.4, 0.5) is 5.82 Å². The summed E-state index contributed by atoms with van der Waals surface area (Å²) in [4.78, 5) is 15.4. The van der Waals surface area contributed by atoms with Gasteiger partial charge in [-0.3, -0.25) is 4.72 Å². The van der Waals surface area contributed by atoms with Crippen LogP contribution in [0.5, 0.6) is 0 Å². The number of esters is 1. The molecule has 0 spiro atoms. The first-order chi connectivity index (χ1) is 9.92. The first kappa shape index (κ1) is 15.5. The molecule has 1 aromatic heterocycles. The number of halogens is 1. The molecular weight excluding hydrogens is 360 g/mol. The predicted octanol–water partition coefficient (Wildman–Crippen LogP) is 2.43. The Morgan fingerprint density at radius 3 is 2.62 bits per heavy atom. The zero-order valence-electron chi connectivity index (χ0n) is 10.9. The smallest absolute Gasteiger partial charge is 0.337 e. The Labute approximate surface area is 130 Å². The molecule has 21 heavy (non-hydrogen) atoms. The van der Waals surface area contributed by atoms with Gasteiger partial charge in [0.1, 0.15) is 10.4 Å². The van der Waals surface area contributed by atoms with Crippen molar-refractivity contribution < 1.29 is 17.9 Å². The molecule has 0 saturated heterocycles. The summed E-state index contributed by atoms with van der Waals surface area (Å²) in [7, 11) is -2.61. The molecule has 110 valence electrons. The maximum Gasteiger partial charge on any atom is 0.337 e. The van der Waals surface area contributed by atoms with Crippen LogP contribution in [0.3, 0.4) is 0 Å². The molecule has 0 aliphatic heterocycles. The topological polar surface area (TPSA) is 85.4 Å². The number of methoxy groups -OCH3 is 1. The van der Waals surface area contributed by atoms with Crippen molar-refractivity contribution in [2.45, 2.75) is 4.90 Å². The molecule has 6 nitrogen and oxygen atoms in total. The van der Waals surface area contributed by atoms with Gasteiger partial charge in [0.25, 0.3) is 10.0 Å². The largest absolute Gasteiger partial charge is 0.465 e. The lowest BCUT2D eigenvalue weighted by Gasteiger charge is -2.08. The van der Waals surface area contributed by atoms with Gasteiger partial charge in [-0.25, -0.2) is 18.2 Å². The highest BCUT2D eigenvalue weighted by molar-refractivity contribution is 9.10. The third-order valence-corrected chi connectivity index (χ3v) is 4.31. The summed E-state index contributed by atoms with van der Waals surface area (Å²) < 4.78 is 31.9. The second-order valence-corrected chi connectivity index (χ2v) is 6.47. The molecule has 0 amide bonds. The first-order valence-electron chi connectivity index (χ1n) is 5.76. The zero-order valence-corrected chi connectivity index (χ0v) is 13.3. The summed E-state index contributed by atoms with van der Waals surface area (Å²) in [6, 6.07) is 10.4. The number of carbonyl (C=O) groups is 1. The summed E-state index contributed by atoms with van der Waals surface area (Å²) in [5.74, 6) is -0.430. The lowest BCUT2D eigenvalue weighted by Crippen LogP contribution is -2.14. The van der Waals surface area contributed by atoms with Crippen LogP contribution in [0.1, 0.15) is 10.4 Å². The van der Waals surface area contributed by atoms with E-state index in [9.17, 15) is 13.2 Å². The van der Waals surface area contributed by atoms with Gasteiger partial charge < -0.3 is 4.74 Å². The Bertz CT molecular complexity index is 777. The normalized spacial score (nSPS) is 11.0. The van der Waals surface area contributed by atoms with E-state index in [1.54, 1.807) is 12.1 Å². The van der Waals surface area contributed by atoms with Crippen LogP contribution < -0.4 is 4.72 Å². The van der Waals surface area contributed by atoms with Gasteiger partial charge in [-0.2, -0.15) is 0 Å². The number of nitrogens with one attached hydrogen (secondary N) is 1. The van der Waals surface area contributed by atoms with Gasteiger partial charge in [0, 0.05) is 0 Å². The fourth-order valence-electron chi connectivity index (χ4n) is 1.57. The van der Waals surface area contributed by atoms with Crippen LogP contribution in [0, 0.1) is 0 Å². The van der Waals surface area contributed by atoms with E-state index in [0.717, 1.165) is 0 Å². The van der Waals surface area contributed by atoms with E-state index in [2.05, 4.69) is 30.4 Å². The number of sulfonamides is 1. The number of pyridine rings is 1. The highest BCUT2D eigenvalue weighted by atomic mass is 79.9. The van der Waals surface area contributed by atoms with E-state index in [0.29, 0.717) is 4.60 Å². The minimum Gasteiger partial charge on any atom is -0.465 e. The molecule has 0 fully saturated rings. The van der Waals surface area contributed by atoms with Crippen molar-refractivity contribution in [1.29, 1.82) is 0 Å². The Morgan fingerprint density at radius 1 is 1.24 bits per heavy atom. The van der Waals surface area contributed by atoms with E-state index in [-0.39, 0.29) is 16.3 Å². The number of carbonyl (C=O) groups excluding carboxylic acids is 1. The van der Waals surface area contributed by atoms with Gasteiger partial charge in [0.2, 0.25) is 0 Å². The molecule has 0 atom stereocenters. The summed E-state index contributed by atoms with van der Waals surface area (Å²) in [6.45, 7) is 0. The molecular formula is C13H11BrN2O4S. The number of aromatic nitrogens is 1. The van der Waals surface area contributed by atoms with Crippen molar-refractivity contribution in [3.8, 4) is 0 Å². The lowest BCUT2D eigenvalue weighted by molar-refractivity contribution is 0.0600. The average Bonchev–Trinajstić information content (AvgIpc) is 2.46. The van der Waals surface area contributed by atoms with Crippen LogP contribution in [-0.4, -0.2) is 26.5 Å². The average molecular weight is 371 g/mol. The molecule has 0 unspecified atom stereocenters. The number of hydrogen-bond donors (Lipinski definition) is 1. The molecule has 1 heterocycles. The van der Waals surface area contributed by atoms with E-state index in [1.807, 2.05) is 0 Å². The third kappa shape index (κ3) is 3.79. The standard InChI is InChI=1S/C13H11BrN2O4S/c1-20-13(17)9-4-2-5-10(8-9)21(18,19)16-12-7-3-6-11(14)15-12/h2-8H,1H3,(H,15,16). The number of rotatable bonds is 4. The Balaban J connectivity index is 2.33. The van der Waals surface area contributed by atoms with Gasteiger partial charge in [-0.05, 0) is 46.3 Å². The van der Waals surface area contributed by atoms with Gasteiger partial charge in [-0.15, -0.1) is 0 Å². The molecule has 0 aliphatic rings. The minimum atomic E-state index is -3.84. The summed E-state index contributed by atoms with van der Waals surface area (Å²) in [5, 5.41) is 0. The maximum absolute atomic E-state index is 12.3. The van der Waals surface area contributed by atoms with Gasteiger partial charge in [0.15, 0.2) is 0 Å². The summed E-state index contributed by atoms with van der Waals surface area (Å²) in [6.07, 6.45) is 0. The quantitative estimate of drug-likeness (QED) is 0.659. The van der Waals surface area contributed by atoms with Crippen LogP contribution in [-0.2, 0) is 14.8 Å². The van der Waals surface area contributed by atoms with Crippen molar-refractivity contribution in [3.05, 3.63) is 52.6 Å². The Hall–Kier alpha value is -1.93. The van der Waals surface area contributed by atoms with Gasteiger partial charge in [-0.1, -0.05) is 12.1 Å². The van der Waals surface area contributed by atoms with Crippen LogP contribution in [0.15, 0.2) is 52.0 Å². The van der Waals surface area contributed by atoms with Gasteiger partial charge >= 0.3 is 5.97 Å². The highest BCUT2D eigenvalue weighted by Gasteiger charge is 2.17. The second-order valence-electron chi connectivity index (χ2n) is 3.97. The lowest BCUT2D eigenvalue weighted by atomic mass is 10.2. The Kier molecular flexibility index (Phi) is 4.59. The molecule has 1 N–H and O–H groups in total. The van der Waals surface area contributed by atoms with Gasteiger partial charge in [0.05, 0.1) is 17.6 Å². The van der Waals surface area contributed by atoms with Crippen molar-refractivity contribution in [3.63, 3.8) is 0 Å². The number of anilines is 1. The highest BCUT2D eigenvalue weighted by Crippen LogP contribution is 2.17. The molecule has 1 aromatic carbocycles. The van der Waals surface area contributed by atoms with Crippen molar-refractivity contribution >= 4 is 37.7 Å². The summed E-state index contributed by atoms with van der Waals surface area (Å²) >= 11 is 3.16. The molecule has 0 radical (unpaired) electrons. The van der Waals surface area contributed by atoms with Crippen molar-refractivity contribution in [2.24, 2.45) is 0 Å². The molecule has 0 bridgehead atoms. The zero-order chi connectivity index (χ0) is 15.5. The predicted molar refractivity (Wildman–Crippen MR) is 80.5 cm³/mol. The minimum absolute atomic E-state index is 0.0489. The van der Waals surface area contributed by atoms with Crippen molar-refractivity contribution in [2.75, 3.05) is 11.8 Å². The van der Waals surface area contributed by atoms with E-state index < -0.39 is 16.0 Å². The number of hydrogen-bond acceptors (Lipinski definition) is 5. The number of benzene rings is 1. The number of ether oxygens (including phenoxy) is 1. The fraction of sp³-hybridized carbons (Fsp3) is 0.0769. The van der Waals surface area contributed by atoms with Crippen LogP contribution in [0.25, 0.3) is 0 Å². The first-order valence-corrected chi connectivity index (χ1v) is 8.04. The second kappa shape index (κ2) is 6.23. The molecule has 2 rings (SSSR count). The molecule has 0 saturated carbocycles. The van der Waals surface area contributed by atoms with E-state index in [4.69, 9.17) is 0 Å². The SMILES string of the molecule is COC(=O)c1cccc(S(=O)(=O)Nc2cccc(Br)n2)c1. The fourth-order valence-corrected chi connectivity index (χ4v) is 2.96. The Morgan fingerprint density at radius 2 is 1.95 bits per heavy atom. The van der Waals surface area contributed by atoms with Crippen molar-refractivity contribution in [1.82, 2.24) is 4.98 Å². The van der Waals surface area contributed by atoms with Crippen LogP contribution >= 0.6 is 15.9 Å². The maximum atomic E-state index is 12.3.